The van der Waals surface area contributed by atoms with Crippen molar-refractivity contribution in [3.8, 4) is 0 Å². The van der Waals surface area contributed by atoms with Gasteiger partial charge in [0.25, 0.3) is 0 Å². The Balaban J connectivity index is 0.00000162. The van der Waals surface area contributed by atoms with E-state index in [9.17, 15) is 8.78 Å². The minimum atomic E-state index is -0.448. The molecule has 2 nitrogen and oxygen atoms in total. The third-order valence-electron chi connectivity index (χ3n) is 3.20. The average molecular weight is 389 g/mol. The predicted molar refractivity (Wildman–Crippen MR) is 79.1 cm³/mol. The van der Waals surface area contributed by atoms with Crippen molar-refractivity contribution in [2.75, 3.05) is 20.1 Å². The molecular formula is C12H16ClF2IN2. The number of likely N-dealkylation sites (N-methyl/N-ethyl adjacent to an activating group) is 1. The average Bonchev–Trinajstić information content (AvgIpc) is 2.77. The predicted octanol–water partition coefficient (Wildman–Crippen LogP) is 2.78. The molecule has 1 saturated heterocycles. The van der Waals surface area contributed by atoms with Crippen molar-refractivity contribution in [1.82, 2.24) is 10.2 Å². The normalized spacial score (nSPS) is 19.9. The van der Waals surface area contributed by atoms with Gasteiger partial charge in [-0.1, -0.05) is 0 Å². The van der Waals surface area contributed by atoms with E-state index in [1.807, 2.05) is 29.6 Å². The van der Waals surface area contributed by atoms with E-state index in [2.05, 4.69) is 10.2 Å². The fraction of sp³-hybridized carbons (Fsp3) is 0.500. The van der Waals surface area contributed by atoms with Gasteiger partial charge < -0.3 is 5.32 Å². The van der Waals surface area contributed by atoms with Crippen LogP contribution in [0.3, 0.4) is 0 Å². The maximum Gasteiger partial charge on any atom is 0.143 e. The number of likely N-dealkylation sites (tertiary alicyclic amines) is 1. The highest BCUT2D eigenvalue weighted by molar-refractivity contribution is 14.1. The smallest absolute Gasteiger partial charge is 0.143 e. The van der Waals surface area contributed by atoms with Crippen LogP contribution >= 0.6 is 35.0 Å². The standard InChI is InChI=1S/C12H15F2IN2.ClH/c1-16-8-4-5-17(6-8)7-9-10(13)2-3-11(15)12(9)14;/h2-3,8,16H,4-7H2,1H3;1H. The fourth-order valence-electron chi connectivity index (χ4n) is 2.15. The number of nitrogens with one attached hydrogen (secondary N) is 1. The van der Waals surface area contributed by atoms with E-state index < -0.39 is 11.6 Å². The van der Waals surface area contributed by atoms with Crippen molar-refractivity contribution in [2.24, 2.45) is 0 Å². The molecular weight excluding hydrogens is 372 g/mol. The van der Waals surface area contributed by atoms with Crippen LogP contribution in [-0.2, 0) is 6.54 Å². The molecule has 0 bridgehead atoms. The van der Waals surface area contributed by atoms with Crippen LogP contribution in [0.15, 0.2) is 12.1 Å². The lowest BCUT2D eigenvalue weighted by Gasteiger charge is -2.17. The van der Waals surface area contributed by atoms with Gasteiger partial charge in [0.1, 0.15) is 11.6 Å². The molecule has 0 spiro atoms. The summed E-state index contributed by atoms with van der Waals surface area (Å²) in [6.07, 6.45) is 1.03. The van der Waals surface area contributed by atoms with Crippen LogP contribution in [0, 0.1) is 15.2 Å². The van der Waals surface area contributed by atoms with E-state index in [-0.39, 0.29) is 18.0 Å². The van der Waals surface area contributed by atoms with E-state index in [1.54, 1.807) is 0 Å². The number of rotatable bonds is 3. The van der Waals surface area contributed by atoms with Gasteiger partial charge in [-0.3, -0.25) is 4.90 Å². The minimum Gasteiger partial charge on any atom is -0.316 e. The maximum absolute atomic E-state index is 13.8. The molecule has 18 heavy (non-hydrogen) atoms. The zero-order valence-electron chi connectivity index (χ0n) is 10.0. The van der Waals surface area contributed by atoms with Gasteiger partial charge in [-0.05, 0) is 48.2 Å². The Kier molecular flexibility index (Phi) is 6.23. The number of hydrogen-bond acceptors (Lipinski definition) is 2. The molecule has 1 aliphatic heterocycles. The van der Waals surface area contributed by atoms with Gasteiger partial charge in [-0.15, -0.1) is 12.4 Å². The first-order valence-corrected chi connectivity index (χ1v) is 6.71. The van der Waals surface area contributed by atoms with Crippen LogP contribution in [0.4, 0.5) is 8.78 Å². The van der Waals surface area contributed by atoms with Gasteiger partial charge in [0, 0.05) is 34.8 Å². The first kappa shape index (κ1) is 16.1. The number of benzene rings is 1. The van der Waals surface area contributed by atoms with Crippen LogP contribution in [0.2, 0.25) is 0 Å². The minimum absolute atomic E-state index is 0. The van der Waals surface area contributed by atoms with Gasteiger partial charge in [-0.25, -0.2) is 8.78 Å². The Morgan fingerprint density at radius 2 is 2.17 bits per heavy atom. The second-order valence-corrected chi connectivity index (χ2v) is 5.49. The topological polar surface area (TPSA) is 15.3 Å². The third-order valence-corrected chi connectivity index (χ3v) is 4.03. The molecule has 0 amide bonds. The SMILES string of the molecule is CNC1CCN(Cc2c(F)ccc(I)c2F)C1.Cl. The van der Waals surface area contributed by atoms with E-state index in [0.717, 1.165) is 19.5 Å². The Bertz CT molecular complexity index is 417. The van der Waals surface area contributed by atoms with Crippen LogP contribution in [0.1, 0.15) is 12.0 Å². The van der Waals surface area contributed by atoms with Gasteiger partial charge in [0.15, 0.2) is 0 Å². The zero-order chi connectivity index (χ0) is 12.4. The summed E-state index contributed by atoms with van der Waals surface area (Å²) in [5.41, 5.74) is 0.189. The second kappa shape index (κ2) is 6.98. The van der Waals surface area contributed by atoms with Gasteiger partial charge >= 0.3 is 0 Å². The first-order chi connectivity index (χ1) is 8.11. The van der Waals surface area contributed by atoms with Crippen LogP contribution < -0.4 is 5.32 Å². The van der Waals surface area contributed by atoms with Crippen LogP contribution in [0.25, 0.3) is 0 Å². The lowest BCUT2D eigenvalue weighted by Crippen LogP contribution is -2.29. The molecule has 1 aromatic carbocycles. The molecule has 102 valence electrons. The van der Waals surface area contributed by atoms with Crippen molar-refractivity contribution < 1.29 is 8.78 Å². The fourth-order valence-corrected chi connectivity index (χ4v) is 2.65. The van der Waals surface area contributed by atoms with Crippen molar-refractivity contribution in [2.45, 2.75) is 19.0 Å². The molecule has 1 heterocycles. The maximum atomic E-state index is 13.8. The van der Waals surface area contributed by atoms with E-state index in [4.69, 9.17) is 0 Å². The molecule has 1 aliphatic rings. The molecule has 1 atom stereocenters. The van der Waals surface area contributed by atoms with Crippen molar-refractivity contribution in [3.63, 3.8) is 0 Å². The zero-order valence-corrected chi connectivity index (χ0v) is 13.0. The molecule has 1 N–H and O–H groups in total. The summed E-state index contributed by atoms with van der Waals surface area (Å²) in [7, 11) is 1.92. The summed E-state index contributed by atoms with van der Waals surface area (Å²) >= 11 is 1.89. The van der Waals surface area contributed by atoms with Crippen LogP contribution in [-0.4, -0.2) is 31.1 Å². The molecule has 0 radical (unpaired) electrons. The Morgan fingerprint density at radius 3 is 2.78 bits per heavy atom. The van der Waals surface area contributed by atoms with Crippen LogP contribution in [0.5, 0.6) is 0 Å². The third kappa shape index (κ3) is 3.53. The highest BCUT2D eigenvalue weighted by atomic mass is 127. The van der Waals surface area contributed by atoms with Crippen molar-refractivity contribution in [1.29, 1.82) is 0 Å². The molecule has 2 rings (SSSR count). The van der Waals surface area contributed by atoms with Gasteiger partial charge in [0.2, 0.25) is 0 Å². The summed E-state index contributed by atoms with van der Waals surface area (Å²) in [6.45, 7) is 2.09. The summed E-state index contributed by atoms with van der Waals surface area (Å²) in [5.74, 6) is -0.866. The molecule has 1 unspecified atom stereocenters. The summed E-state index contributed by atoms with van der Waals surface area (Å²) < 4.78 is 27.9. The Morgan fingerprint density at radius 1 is 1.44 bits per heavy atom. The van der Waals surface area contributed by atoms with Crippen molar-refractivity contribution in [3.05, 3.63) is 32.9 Å². The van der Waals surface area contributed by atoms with Gasteiger partial charge in [-0.2, -0.15) is 0 Å². The van der Waals surface area contributed by atoms with E-state index >= 15 is 0 Å². The monoisotopic (exact) mass is 388 g/mol. The molecule has 0 aromatic heterocycles. The molecule has 0 saturated carbocycles. The molecule has 1 fully saturated rings. The molecule has 6 heteroatoms. The first-order valence-electron chi connectivity index (χ1n) is 5.64. The molecule has 0 aliphatic carbocycles. The quantitative estimate of drug-likeness (QED) is 0.633. The molecule has 1 aromatic rings. The highest BCUT2D eigenvalue weighted by Gasteiger charge is 2.23. The van der Waals surface area contributed by atoms with E-state index in [0.29, 0.717) is 16.2 Å². The second-order valence-electron chi connectivity index (χ2n) is 4.33. The van der Waals surface area contributed by atoms with Gasteiger partial charge in [0.05, 0.1) is 0 Å². The lowest BCUT2D eigenvalue weighted by molar-refractivity contribution is 0.310. The number of nitrogens with zero attached hydrogens (tertiary/aromatic N) is 1. The summed E-state index contributed by atoms with van der Waals surface area (Å²) in [4.78, 5) is 2.08. The number of hydrogen-bond donors (Lipinski definition) is 1. The summed E-state index contributed by atoms with van der Waals surface area (Å²) in [5, 5.41) is 3.19. The highest BCUT2D eigenvalue weighted by Crippen LogP contribution is 2.22. The van der Waals surface area contributed by atoms with E-state index in [1.165, 1.54) is 12.1 Å². The number of halogens is 4. The Hall–Kier alpha value is 0.0200. The largest absolute Gasteiger partial charge is 0.316 e. The summed E-state index contributed by atoms with van der Waals surface area (Å²) in [6, 6.07) is 3.24. The lowest BCUT2D eigenvalue weighted by atomic mass is 10.2. The Labute approximate surface area is 126 Å². The van der Waals surface area contributed by atoms with Crippen molar-refractivity contribution >= 4 is 35.0 Å².